The van der Waals surface area contributed by atoms with Crippen molar-refractivity contribution in [2.24, 2.45) is 17.8 Å². The third-order valence-corrected chi connectivity index (χ3v) is 5.60. The largest absolute Gasteiger partial charge is 0.356 e. The highest BCUT2D eigenvalue weighted by Gasteiger charge is 2.28. The molecule has 7 heteroatoms. The van der Waals surface area contributed by atoms with Gasteiger partial charge in [-0.3, -0.25) is 14.4 Å². The first-order valence-electron chi connectivity index (χ1n) is 9.87. The van der Waals surface area contributed by atoms with Crippen LogP contribution >= 0.6 is 0 Å². The van der Waals surface area contributed by atoms with E-state index in [2.05, 4.69) is 16.0 Å². The number of nitrogens with one attached hydrogen (secondary N) is 3. The molecule has 2 unspecified atom stereocenters. The maximum absolute atomic E-state index is 13.4. The summed E-state index contributed by atoms with van der Waals surface area (Å²) in [5.74, 6) is 0.406. The van der Waals surface area contributed by atoms with Crippen LogP contribution in [0.5, 0.6) is 0 Å². The molecule has 0 saturated heterocycles. The van der Waals surface area contributed by atoms with Crippen LogP contribution in [0.4, 0.5) is 4.39 Å². The fourth-order valence-electron chi connectivity index (χ4n) is 3.92. The van der Waals surface area contributed by atoms with E-state index >= 15 is 0 Å². The molecule has 0 aromatic carbocycles. The topological polar surface area (TPSA) is 87.3 Å². The zero-order valence-electron chi connectivity index (χ0n) is 15.7. The van der Waals surface area contributed by atoms with Crippen LogP contribution in [0.15, 0.2) is 0 Å². The van der Waals surface area contributed by atoms with Crippen LogP contribution in [0.2, 0.25) is 0 Å². The monoisotopic (exact) mass is 369 g/mol. The molecule has 2 fully saturated rings. The van der Waals surface area contributed by atoms with Gasteiger partial charge in [0.25, 0.3) is 0 Å². The summed E-state index contributed by atoms with van der Waals surface area (Å²) in [5.41, 5.74) is 0. The van der Waals surface area contributed by atoms with E-state index in [9.17, 15) is 18.8 Å². The van der Waals surface area contributed by atoms with Crippen molar-refractivity contribution in [3.63, 3.8) is 0 Å². The van der Waals surface area contributed by atoms with Crippen LogP contribution in [0.3, 0.4) is 0 Å². The molecule has 0 aromatic heterocycles. The highest BCUT2D eigenvalue weighted by molar-refractivity contribution is 5.83. The summed E-state index contributed by atoms with van der Waals surface area (Å²) >= 11 is 0. The SMILES string of the molecule is CC(=O)NCC(=O)NCC1CCC(CNC(=O)C2CCCC(F)C2)CC1. The normalized spacial score (nSPS) is 28.8. The van der Waals surface area contributed by atoms with Crippen LogP contribution in [0.1, 0.15) is 58.3 Å². The Kier molecular flexibility index (Phi) is 8.32. The number of carbonyl (C=O) groups is 3. The second-order valence-corrected chi connectivity index (χ2v) is 7.81. The minimum atomic E-state index is -0.823. The predicted octanol–water partition coefficient (Wildman–Crippen LogP) is 1.69. The van der Waals surface area contributed by atoms with Crippen molar-refractivity contribution in [2.75, 3.05) is 19.6 Å². The van der Waals surface area contributed by atoms with Crippen LogP contribution in [-0.2, 0) is 14.4 Å². The Morgan fingerprint density at radius 1 is 0.885 bits per heavy atom. The summed E-state index contributed by atoms with van der Waals surface area (Å²) in [5, 5.41) is 8.36. The number of rotatable bonds is 7. The van der Waals surface area contributed by atoms with Crippen LogP contribution in [0, 0.1) is 17.8 Å². The molecule has 0 heterocycles. The van der Waals surface area contributed by atoms with Crippen molar-refractivity contribution in [2.45, 2.75) is 64.5 Å². The second-order valence-electron chi connectivity index (χ2n) is 7.81. The minimum Gasteiger partial charge on any atom is -0.356 e. The van der Waals surface area contributed by atoms with Gasteiger partial charge in [-0.15, -0.1) is 0 Å². The second kappa shape index (κ2) is 10.5. The Hall–Kier alpha value is -1.66. The first kappa shape index (κ1) is 20.6. The van der Waals surface area contributed by atoms with E-state index in [1.54, 1.807) is 0 Å². The van der Waals surface area contributed by atoms with Gasteiger partial charge in [0.05, 0.1) is 6.54 Å². The molecule has 2 aliphatic rings. The van der Waals surface area contributed by atoms with Gasteiger partial charge >= 0.3 is 0 Å². The average Bonchev–Trinajstić information content (AvgIpc) is 2.63. The molecule has 0 bridgehead atoms. The summed E-state index contributed by atoms with van der Waals surface area (Å²) in [6.07, 6.45) is 5.86. The van der Waals surface area contributed by atoms with Gasteiger partial charge in [0, 0.05) is 25.9 Å². The predicted molar refractivity (Wildman–Crippen MR) is 97.0 cm³/mol. The molecular weight excluding hydrogens is 337 g/mol. The fourth-order valence-corrected chi connectivity index (χ4v) is 3.92. The zero-order chi connectivity index (χ0) is 18.9. The Bertz CT molecular complexity index is 492. The molecule has 0 spiro atoms. The van der Waals surface area contributed by atoms with Crippen molar-refractivity contribution in [3.8, 4) is 0 Å². The van der Waals surface area contributed by atoms with E-state index in [-0.39, 0.29) is 30.2 Å². The van der Waals surface area contributed by atoms with Crippen molar-refractivity contribution in [1.82, 2.24) is 16.0 Å². The van der Waals surface area contributed by atoms with Crippen molar-refractivity contribution < 1.29 is 18.8 Å². The van der Waals surface area contributed by atoms with Gasteiger partial charge in [0.1, 0.15) is 6.17 Å². The molecule has 2 aliphatic carbocycles. The molecule has 6 nitrogen and oxygen atoms in total. The van der Waals surface area contributed by atoms with Crippen LogP contribution in [-0.4, -0.2) is 43.5 Å². The Morgan fingerprint density at radius 2 is 1.50 bits per heavy atom. The van der Waals surface area contributed by atoms with Crippen LogP contribution in [0.25, 0.3) is 0 Å². The summed E-state index contributed by atoms with van der Waals surface area (Å²) in [4.78, 5) is 34.6. The third-order valence-electron chi connectivity index (χ3n) is 5.60. The molecule has 0 radical (unpaired) electrons. The van der Waals surface area contributed by atoms with Gasteiger partial charge < -0.3 is 16.0 Å². The van der Waals surface area contributed by atoms with Gasteiger partial charge in [-0.25, -0.2) is 4.39 Å². The molecule has 148 valence electrons. The van der Waals surface area contributed by atoms with Crippen LogP contribution < -0.4 is 16.0 Å². The molecule has 0 aromatic rings. The van der Waals surface area contributed by atoms with Gasteiger partial charge in [0.15, 0.2) is 0 Å². The summed E-state index contributed by atoms with van der Waals surface area (Å²) in [6, 6.07) is 0. The maximum atomic E-state index is 13.4. The number of amides is 3. The molecule has 3 amide bonds. The van der Waals surface area contributed by atoms with Gasteiger partial charge in [-0.2, -0.15) is 0 Å². The fraction of sp³-hybridized carbons (Fsp3) is 0.842. The lowest BCUT2D eigenvalue weighted by Crippen LogP contribution is -2.40. The molecule has 2 atom stereocenters. The molecule has 2 rings (SSSR count). The lowest BCUT2D eigenvalue weighted by atomic mass is 9.81. The lowest BCUT2D eigenvalue weighted by Gasteiger charge is -2.30. The third kappa shape index (κ3) is 7.30. The molecule has 0 aliphatic heterocycles. The Balaban J connectivity index is 1.57. The first-order valence-corrected chi connectivity index (χ1v) is 9.87. The summed E-state index contributed by atoms with van der Waals surface area (Å²) in [7, 11) is 0. The lowest BCUT2D eigenvalue weighted by molar-refractivity contribution is -0.127. The van der Waals surface area contributed by atoms with Crippen molar-refractivity contribution in [1.29, 1.82) is 0 Å². The average molecular weight is 369 g/mol. The minimum absolute atomic E-state index is 0.0136. The standard InChI is InChI=1S/C19H32FN3O3/c1-13(24)21-12-18(25)22-10-14-5-7-15(8-6-14)11-23-19(26)16-3-2-4-17(20)9-16/h14-17H,2-12H2,1H3,(H,21,24)(H,22,25)(H,23,26). The van der Waals surface area contributed by atoms with Crippen molar-refractivity contribution in [3.05, 3.63) is 0 Å². The Morgan fingerprint density at radius 3 is 2.08 bits per heavy atom. The first-order chi connectivity index (χ1) is 12.4. The van der Waals surface area contributed by atoms with E-state index in [1.165, 1.54) is 6.92 Å². The van der Waals surface area contributed by atoms with E-state index in [4.69, 9.17) is 0 Å². The highest BCUT2D eigenvalue weighted by atomic mass is 19.1. The number of hydrogen-bond donors (Lipinski definition) is 3. The summed E-state index contributed by atoms with van der Waals surface area (Å²) < 4.78 is 13.4. The smallest absolute Gasteiger partial charge is 0.239 e. The number of halogens is 1. The van der Waals surface area contributed by atoms with E-state index in [0.717, 1.165) is 38.5 Å². The number of alkyl halides is 1. The quantitative estimate of drug-likeness (QED) is 0.638. The summed E-state index contributed by atoms with van der Waals surface area (Å²) in [6.45, 7) is 2.72. The van der Waals surface area contributed by atoms with E-state index in [0.29, 0.717) is 37.8 Å². The van der Waals surface area contributed by atoms with E-state index in [1.807, 2.05) is 0 Å². The Labute approximate surface area is 155 Å². The maximum Gasteiger partial charge on any atom is 0.239 e. The molecule has 26 heavy (non-hydrogen) atoms. The van der Waals surface area contributed by atoms with Gasteiger partial charge in [-0.1, -0.05) is 0 Å². The molecule has 3 N–H and O–H groups in total. The number of carbonyl (C=O) groups excluding carboxylic acids is 3. The number of hydrogen-bond acceptors (Lipinski definition) is 3. The molecular formula is C19H32FN3O3. The highest BCUT2D eigenvalue weighted by Crippen LogP contribution is 2.29. The molecule has 2 saturated carbocycles. The van der Waals surface area contributed by atoms with Gasteiger partial charge in [-0.05, 0) is 63.2 Å². The van der Waals surface area contributed by atoms with Gasteiger partial charge in [0.2, 0.25) is 17.7 Å². The van der Waals surface area contributed by atoms with E-state index < -0.39 is 6.17 Å². The zero-order valence-corrected chi connectivity index (χ0v) is 15.7. The van der Waals surface area contributed by atoms with Crippen molar-refractivity contribution >= 4 is 17.7 Å².